The summed E-state index contributed by atoms with van der Waals surface area (Å²) >= 11 is 6.03. The molecule has 0 aliphatic carbocycles. The van der Waals surface area contributed by atoms with Gasteiger partial charge in [-0.2, -0.15) is 0 Å². The number of carbonyl (C=O) groups excluding carboxylic acids is 1. The Morgan fingerprint density at radius 1 is 1.20 bits per heavy atom. The van der Waals surface area contributed by atoms with Crippen LogP contribution in [0.15, 0.2) is 36.4 Å². The van der Waals surface area contributed by atoms with E-state index in [4.69, 9.17) is 11.6 Å². The van der Waals surface area contributed by atoms with E-state index in [1.54, 1.807) is 6.07 Å². The SMILES string of the molecule is Cc1cc(Cl)cc(C(O)c2ccc3c(c2)CC(=O)N3)c1. The molecule has 102 valence electrons. The van der Waals surface area contributed by atoms with Gasteiger partial charge in [0.2, 0.25) is 5.91 Å². The maximum Gasteiger partial charge on any atom is 0.228 e. The highest BCUT2D eigenvalue weighted by molar-refractivity contribution is 6.30. The molecule has 2 N–H and O–H groups in total. The van der Waals surface area contributed by atoms with E-state index >= 15 is 0 Å². The summed E-state index contributed by atoms with van der Waals surface area (Å²) < 4.78 is 0. The smallest absolute Gasteiger partial charge is 0.228 e. The molecule has 0 spiro atoms. The lowest BCUT2D eigenvalue weighted by molar-refractivity contribution is -0.115. The Kier molecular flexibility index (Phi) is 3.24. The maximum absolute atomic E-state index is 11.3. The van der Waals surface area contributed by atoms with Crippen LogP contribution in [-0.2, 0) is 11.2 Å². The van der Waals surface area contributed by atoms with Gasteiger partial charge in [-0.1, -0.05) is 29.8 Å². The third-order valence-corrected chi connectivity index (χ3v) is 3.67. The summed E-state index contributed by atoms with van der Waals surface area (Å²) in [5.74, 6) is -0.00904. The molecule has 1 aliphatic rings. The zero-order valence-corrected chi connectivity index (χ0v) is 11.7. The molecule has 0 saturated heterocycles. The molecule has 1 unspecified atom stereocenters. The highest BCUT2D eigenvalue weighted by atomic mass is 35.5. The van der Waals surface area contributed by atoms with Gasteiger partial charge in [0.05, 0.1) is 6.42 Å². The second-order valence-corrected chi connectivity index (χ2v) is 5.54. The van der Waals surface area contributed by atoms with Gasteiger partial charge in [-0.3, -0.25) is 4.79 Å². The van der Waals surface area contributed by atoms with Crippen molar-refractivity contribution in [3.05, 3.63) is 63.7 Å². The molecule has 1 heterocycles. The molecule has 3 nitrogen and oxygen atoms in total. The number of aliphatic hydroxyl groups excluding tert-OH is 1. The lowest BCUT2D eigenvalue weighted by Crippen LogP contribution is -2.03. The van der Waals surface area contributed by atoms with E-state index in [1.165, 1.54) is 0 Å². The Hall–Kier alpha value is -1.84. The van der Waals surface area contributed by atoms with Crippen molar-refractivity contribution >= 4 is 23.2 Å². The van der Waals surface area contributed by atoms with Gasteiger partial charge in [0.1, 0.15) is 6.10 Å². The van der Waals surface area contributed by atoms with Crippen LogP contribution in [0.4, 0.5) is 5.69 Å². The van der Waals surface area contributed by atoms with Gasteiger partial charge in [-0.05, 0) is 47.4 Å². The van der Waals surface area contributed by atoms with Gasteiger partial charge in [-0.15, -0.1) is 0 Å². The van der Waals surface area contributed by atoms with Crippen molar-refractivity contribution in [3.8, 4) is 0 Å². The molecule has 1 amide bonds. The number of halogens is 1. The number of carbonyl (C=O) groups is 1. The lowest BCUT2D eigenvalue weighted by Gasteiger charge is -2.14. The fourth-order valence-electron chi connectivity index (χ4n) is 2.53. The summed E-state index contributed by atoms with van der Waals surface area (Å²) in [7, 11) is 0. The zero-order valence-electron chi connectivity index (χ0n) is 11.0. The van der Waals surface area contributed by atoms with Gasteiger partial charge in [0, 0.05) is 10.7 Å². The van der Waals surface area contributed by atoms with E-state index < -0.39 is 6.10 Å². The van der Waals surface area contributed by atoms with Crippen LogP contribution in [0.25, 0.3) is 0 Å². The molecule has 20 heavy (non-hydrogen) atoms. The van der Waals surface area contributed by atoms with E-state index in [0.717, 1.165) is 27.9 Å². The van der Waals surface area contributed by atoms with Crippen LogP contribution >= 0.6 is 11.6 Å². The minimum atomic E-state index is -0.742. The molecule has 2 aromatic carbocycles. The topological polar surface area (TPSA) is 49.3 Å². The molecule has 0 bridgehead atoms. The van der Waals surface area contributed by atoms with Gasteiger partial charge in [-0.25, -0.2) is 0 Å². The molecular formula is C16H14ClNO2. The fourth-order valence-corrected chi connectivity index (χ4v) is 2.83. The first-order valence-corrected chi connectivity index (χ1v) is 6.78. The Morgan fingerprint density at radius 2 is 2.00 bits per heavy atom. The van der Waals surface area contributed by atoms with E-state index in [-0.39, 0.29) is 5.91 Å². The Balaban J connectivity index is 1.97. The number of nitrogens with one attached hydrogen (secondary N) is 1. The lowest BCUT2D eigenvalue weighted by atomic mass is 9.97. The predicted molar refractivity (Wildman–Crippen MR) is 79.0 cm³/mol. The van der Waals surface area contributed by atoms with Crippen LogP contribution in [0.3, 0.4) is 0 Å². The summed E-state index contributed by atoms with van der Waals surface area (Å²) in [6, 6.07) is 11.0. The second kappa shape index (κ2) is 4.93. The quantitative estimate of drug-likeness (QED) is 0.891. The minimum Gasteiger partial charge on any atom is -0.384 e. The summed E-state index contributed by atoms with van der Waals surface area (Å²) in [6.45, 7) is 1.94. The fraction of sp³-hybridized carbons (Fsp3) is 0.188. The van der Waals surface area contributed by atoms with Crippen molar-refractivity contribution in [2.75, 3.05) is 5.32 Å². The van der Waals surface area contributed by atoms with Gasteiger partial charge in [0.25, 0.3) is 0 Å². The van der Waals surface area contributed by atoms with Crippen molar-refractivity contribution in [3.63, 3.8) is 0 Å². The highest BCUT2D eigenvalue weighted by Crippen LogP contribution is 2.30. The molecule has 1 aliphatic heterocycles. The average molecular weight is 288 g/mol. The van der Waals surface area contributed by atoms with Gasteiger partial charge >= 0.3 is 0 Å². The molecule has 4 heteroatoms. The van der Waals surface area contributed by atoms with Crippen LogP contribution in [0, 0.1) is 6.92 Å². The Bertz CT molecular complexity index is 677. The largest absolute Gasteiger partial charge is 0.384 e. The predicted octanol–water partition coefficient (Wildman–Crippen LogP) is 3.22. The summed E-state index contributed by atoms with van der Waals surface area (Å²) in [5, 5.41) is 13.9. The monoisotopic (exact) mass is 287 g/mol. The van der Waals surface area contributed by atoms with E-state index in [0.29, 0.717) is 11.4 Å². The molecule has 3 rings (SSSR count). The first-order chi connectivity index (χ1) is 9.52. The molecular weight excluding hydrogens is 274 g/mol. The van der Waals surface area contributed by atoms with Crippen LogP contribution < -0.4 is 5.32 Å². The van der Waals surface area contributed by atoms with Crippen molar-refractivity contribution in [2.24, 2.45) is 0 Å². The molecule has 0 saturated carbocycles. The number of anilines is 1. The third kappa shape index (κ3) is 2.42. The Morgan fingerprint density at radius 3 is 2.75 bits per heavy atom. The van der Waals surface area contributed by atoms with Crippen molar-refractivity contribution in [1.29, 1.82) is 0 Å². The number of fused-ring (bicyclic) bond motifs is 1. The van der Waals surface area contributed by atoms with Crippen LogP contribution in [0.2, 0.25) is 5.02 Å². The highest BCUT2D eigenvalue weighted by Gasteiger charge is 2.20. The number of hydrogen-bond acceptors (Lipinski definition) is 2. The van der Waals surface area contributed by atoms with E-state index in [9.17, 15) is 9.90 Å². The minimum absolute atomic E-state index is 0.00904. The summed E-state index contributed by atoms with van der Waals surface area (Å²) in [6.07, 6.45) is -0.377. The number of amides is 1. The van der Waals surface area contributed by atoms with Crippen molar-refractivity contribution in [2.45, 2.75) is 19.4 Å². The second-order valence-electron chi connectivity index (χ2n) is 5.11. The third-order valence-electron chi connectivity index (χ3n) is 3.45. The van der Waals surface area contributed by atoms with Gasteiger partial charge in [0.15, 0.2) is 0 Å². The van der Waals surface area contributed by atoms with Crippen LogP contribution in [-0.4, -0.2) is 11.0 Å². The summed E-state index contributed by atoms with van der Waals surface area (Å²) in [5.41, 5.74) is 4.28. The number of aryl methyl sites for hydroxylation is 1. The number of rotatable bonds is 2. The summed E-state index contributed by atoms with van der Waals surface area (Å²) in [4.78, 5) is 11.3. The first-order valence-electron chi connectivity index (χ1n) is 6.41. The molecule has 1 atom stereocenters. The van der Waals surface area contributed by atoms with Crippen molar-refractivity contribution < 1.29 is 9.90 Å². The number of benzene rings is 2. The van der Waals surface area contributed by atoms with Crippen molar-refractivity contribution in [1.82, 2.24) is 0 Å². The van der Waals surface area contributed by atoms with Crippen LogP contribution in [0.1, 0.15) is 28.4 Å². The molecule has 0 aromatic heterocycles. The zero-order chi connectivity index (χ0) is 14.3. The Labute approximate surface area is 122 Å². The van der Waals surface area contributed by atoms with Gasteiger partial charge < -0.3 is 10.4 Å². The normalized spacial score (nSPS) is 14.8. The molecule has 0 radical (unpaired) electrons. The first kappa shape index (κ1) is 13.2. The number of aliphatic hydroxyl groups is 1. The maximum atomic E-state index is 11.3. The number of hydrogen-bond donors (Lipinski definition) is 2. The standard InChI is InChI=1S/C16H14ClNO2/c1-9-4-12(7-13(17)5-9)16(20)10-2-3-14-11(6-10)8-15(19)18-14/h2-7,16,20H,8H2,1H3,(H,18,19). The molecule has 0 fully saturated rings. The molecule has 2 aromatic rings. The van der Waals surface area contributed by atoms with Crippen LogP contribution in [0.5, 0.6) is 0 Å². The van der Waals surface area contributed by atoms with E-state index in [2.05, 4.69) is 5.32 Å². The van der Waals surface area contributed by atoms with E-state index in [1.807, 2.05) is 37.3 Å². The average Bonchev–Trinajstić information content (AvgIpc) is 2.75.